The Hall–Kier alpha value is -1.75. The molecule has 3 saturated heterocycles. The van der Waals surface area contributed by atoms with Gasteiger partial charge >= 0.3 is 6.03 Å². The van der Waals surface area contributed by atoms with Gasteiger partial charge < -0.3 is 15.1 Å². The summed E-state index contributed by atoms with van der Waals surface area (Å²) in [5.41, 5.74) is 1.15. The number of rotatable bonds is 2. The van der Waals surface area contributed by atoms with Gasteiger partial charge in [-0.3, -0.25) is 4.79 Å². The highest BCUT2D eigenvalue weighted by Gasteiger charge is 2.50. The molecule has 1 spiro atoms. The van der Waals surface area contributed by atoms with Gasteiger partial charge in [-0.25, -0.2) is 4.79 Å². The van der Waals surface area contributed by atoms with Gasteiger partial charge in [0.2, 0.25) is 5.91 Å². The number of hydrogen-bond acceptors (Lipinski definition) is 2. The first kappa shape index (κ1) is 16.7. The van der Waals surface area contributed by atoms with E-state index in [9.17, 15) is 9.59 Å². The Morgan fingerprint density at radius 2 is 2.00 bits per heavy atom. The fourth-order valence-electron chi connectivity index (χ4n) is 4.36. The highest BCUT2D eigenvalue weighted by molar-refractivity contribution is 6.30. The Kier molecular flexibility index (Phi) is 4.36. The van der Waals surface area contributed by atoms with E-state index in [1.807, 2.05) is 28.0 Å². The third-order valence-electron chi connectivity index (χ3n) is 5.79. The maximum absolute atomic E-state index is 12.6. The van der Waals surface area contributed by atoms with Crippen LogP contribution in [0.1, 0.15) is 31.2 Å². The average molecular weight is 362 g/mol. The predicted molar refractivity (Wildman–Crippen MR) is 96.5 cm³/mol. The summed E-state index contributed by atoms with van der Waals surface area (Å²) in [6.45, 7) is 2.97. The molecule has 3 fully saturated rings. The normalized spacial score (nSPS) is 22.8. The lowest BCUT2D eigenvalue weighted by Crippen LogP contribution is -2.70. The Bertz CT molecular complexity index is 679. The molecule has 0 bridgehead atoms. The monoisotopic (exact) mass is 361 g/mol. The van der Waals surface area contributed by atoms with Crippen molar-refractivity contribution in [1.29, 1.82) is 0 Å². The highest BCUT2D eigenvalue weighted by atomic mass is 35.5. The van der Waals surface area contributed by atoms with Crippen LogP contribution in [0.15, 0.2) is 24.3 Å². The zero-order valence-electron chi connectivity index (χ0n) is 14.3. The van der Waals surface area contributed by atoms with Crippen LogP contribution in [0.25, 0.3) is 0 Å². The molecule has 3 amide bonds. The van der Waals surface area contributed by atoms with Crippen LogP contribution in [-0.2, 0) is 11.2 Å². The number of piperidine rings is 1. The summed E-state index contributed by atoms with van der Waals surface area (Å²) in [5.74, 6) is 0.730. The first-order valence-electron chi connectivity index (χ1n) is 9.12. The maximum atomic E-state index is 12.6. The lowest BCUT2D eigenvalue weighted by molar-refractivity contribution is -0.120. The molecular formula is C19H24ClN3O2. The molecule has 25 heavy (non-hydrogen) atoms. The van der Waals surface area contributed by atoms with Gasteiger partial charge in [-0.15, -0.1) is 0 Å². The summed E-state index contributed by atoms with van der Waals surface area (Å²) in [6, 6.07) is 8.19. The van der Waals surface area contributed by atoms with Crippen LogP contribution >= 0.6 is 11.6 Å². The number of nitrogens with one attached hydrogen (secondary N) is 1. The molecule has 0 aliphatic carbocycles. The first-order chi connectivity index (χ1) is 12.0. The fraction of sp³-hybridized carbons (Fsp3) is 0.579. The smallest absolute Gasteiger partial charge is 0.320 e. The molecule has 3 aliphatic rings. The molecule has 4 rings (SSSR count). The van der Waals surface area contributed by atoms with Gasteiger partial charge in [0.05, 0.1) is 5.54 Å². The third kappa shape index (κ3) is 3.47. The molecule has 1 aromatic carbocycles. The van der Waals surface area contributed by atoms with Crippen LogP contribution < -0.4 is 5.32 Å². The maximum Gasteiger partial charge on any atom is 0.320 e. The number of nitrogens with zero attached hydrogens (tertiary/aromatic N) is 2. The highest BCUT2D eigenvalue weighted by Crippen LogP contribution is 2.32. The number of amides is 3. The molecule has 1 N–H and O–H groups in total. The Labute approximate surface area is 153 Å². The number of halogens is 1. The van der Waals surface area contributed by atoms with E-state index in [0.717, 1.165) is 43.8 Å². The summed E-state index contributed by atoms with van der Waals surface area (Å²) in [5, 5.41) is 3.82. The Morgan fingerprint density at radius 3 is 2.64 bits per heavy atom. The molecule has 5 nitrogen and oxygen atoms in total. The molecule has 1 aromatic rings. The van der Waals surface area contributed by atoms with E-state index >= 15 is 0 Å². The van der Waals surface area contributed by atoms with E-state index in [0.29, 0.717) is 25.4 Å². The average Bonchev–Trinajstić information content (AvgIpc) is 2.96. The van der Waals surface area contributed by atoms with Gasteiger partial charge in [0.1, 0.15) is 0 Å². The van der Waals surface area contributed by atoms with Crippen molar-refractivity contribution in [3.63, 3.8) is 0 Å². The van der Waals surface area contributed by atoms with Gasteiger partial charge in [0, 0.05) is 37.6 Å². The Morgan fingerprint density at radius 1 is 1.24 bits per heavy atom. The van der Waals surface area contributed by atoms with Crippen LogP contribution in [0.2, 0.25) is 5.02 Å². The summed E-state index contributed by atoms with van der Waals surface area (Å²) in [6.07, 6.45) is 4.55. The van der Waals surface area contributed by atoms with Crippen molar-refractivity contribution in [3.8, 4) is 0 Å². The lowest BCUT2D eigenvalue weighted by Gasteiger charge is -2.49. The lowest BCUT2D eigenvalue weighted by atomic mass is 9.88. The summed E-state index contributed by atoms with van der Waals surface area (Å²) in [7, 11) is 0. The van der Waals surface area contributed by atoms with E-state index in [2.05, 4.69) is 11.4 Å². The van der Waals surface area contributed by atoms with Crippen LogP contribution in [0.3, 0.4) is 0 Å². The van der Waals surface area contributed by atoms with Crippen LogP contribution in [0, 0.1) is 5.92 Å². The second-order valence-corrected chi connectivity index (χ2v) is 8.17. The van der Waals surface area contributed by atoms with E-state index in [1.165, 1.54) is 5.56 Å². The molecule has 6 heteroatoms. The fourth-order valence-corrected chi connectivity index (χ4v) is 4.57. The molecule has 0 aromatic heterocycles. The number of carbonyl (C=O) groups excluding carboxylic acids is 2. The van der Waals surface area contributed by atoms with Gasteiger partial charge in [-0.1, -0.05) is 23.7 Å². The standard InChI is InChI=1S/C19H24ClN3O2/c20-16-3-1-2-15(11-16)10-14-5-8-22(9-6-14)18(25)23-12-19(13-23)7-4-17(24)21-19/h1-3,11,14H,4-10,12-13H2,(H,21,24). The molecule has 0 radical (unpaired) electrons. The van der Waals surface area contributed by atoms with Crippen molar-refractivity contribution in [3.05, 3.63) is 34.9 Å². The van der Waals surface area contributed by atoms with E-state index in [1.54, 1.807) is 0 Å². The van der Waals surface area contributed by atoms with Crippen LogP contribution in [0.4, 0.5) is 4.79 Å². The van der Waals surface area contributed by atoms with Crippen molar-refractivity contribution in [2.75, 3.05) is 26.2 Å². The topological polar surface area (TPSA) is 52.7 Å². The Balaban J connectivity index is 1.25. The molecule has 3 aliphatic heterocycles. The predicted octanol–water partition coefficient (Wildman–Crippen LogP) is 2.68. The minimum Gasteiger partial charge on any atom is -0.347 e. The number of carbonyl (C=O) groups is 2. The molecule has 0 atom stereocenters. The summed E-state index contributed by atoms with van der Waals surface area (Å²) in [4.78, 5) is 27.9. The number of hydrogen-bond donors (Lipinski definition) is 1. The van der Waals surface area contributed by atoms with Crippen molar-refractivity contribution in [2.24, 2.45) is 5.92 Å². The SMILES string of the molecule is O=C1CCC2(CN(C(=O)N3CCC(Cc4cccc(Cl)c4)CC3)C2)N1. The summed E-state index contributed by atoms with van der Waals surface area (Å²) < 4.78 is 0. The molecular weight excluding hydrogens is 338 g/mol. The van der Waals surface area contributed by atoms with Crippen molar-refractivity contribution >= 4 is 23.5 Å². The first-order valence-corrected chi connectivity index (χ1v) is 9.50. The van der Waals surface area contributed by atoms with E-state index in [4.69, 9.17) is 11.6 Å². The second-order valence-electron chi connectivity index (χ2n) is 7.73. The van der Waals surface area contributed by atoms with E-state index < -0.39 is 0 Å². The summed E-state index contributed by atoms with van der Waals surface area (Å²) >= 11 is 6.06. The van der Waals surface area contributed by atoms with Crippen LogP contribution in [0.5, 0.6) is 0 Å². The molecule has 0 saturated carbocycles. The van der Waals surface area contributed by atoms with Crippen LogP contribution in [-0.4, -0.2) is 53.5 Å². The van der Waals surface area contributed by atoms with Crippen molar-refractivity contribution < 1.29 is 9.59 Å². The molecule has 0 unspecified atom stereocenters. The zero-order valence-corrected chi connectivity index (χ0v) is 15.1. The van der Waals surface area contributed by atoms with Gasteiger partial charge in [-0.2, -0.15) is 0 Å². The second kappa shape index (κ2) is 6.52. The number of benzene rings is 1. The third-order valence-corrected chi connectivity index (χ3v) is 6.03. The van der Waals surface area contributed by atoms with Gasteiger partial charge in [0.25, 0.3) is 0 Å². The van der Waals surface area contributed by atoms with Crippen molar-refractivity contribution in [2.45, 2.75) is 37.6 Å². The van der Waals surface area contributed by atoms with E-state index in [-0.39, 0.29) is 17.5 Å². The zero-order chi connectivity index (χ0) is 17.4. The number of urea groups is 1. The van der Waals surface area contributed by atoms with Crippen molar-refractivity contribution in [1.82, 2.24) is 15.1 Å². The largest absolute Gasteiger partial charge is 0.347 e. The molecule has 3 heterocycles. The van der Waals surface area contributed by atoms with Gasteiger partial charge in [0.15, 0.2) is 0 Å². The minimum atomic E-state index is -0.127. The van der Waals surface area contributed by atoms with Gasteiger partial charge in [-0.05, 0) is 49.3 Å². The minimum absolute atomic E-state index is 0.119. The quantitative estimate of drug-likeness (QED) is 0.880. The number of likely N-dealkylation sites (tertiary alicyclic amines) is 2. The molecule has 134 valence electrons.